The molecule has 98 valence electrons. The summed E-state index contributed by atoms with van der Waals surface area (Å²) in [5.41, 5.74) is 0.0751. The molecule has 1 rings (SSSR count). The summed E-state index contributed by atoms with van der Waals surface area (Å²) in [5, 5.41) is 22.9. The lowest BCUT2D eigenvalue weighted by Crippen LogP contribution is -2.27. The fourth-order valence-corrected chi connectivity index (χ4v) is 1.31. The molecule has 1 aromatic rings. The zero-order valence-electron chi connectivity index (χ0n) is 10.3. The summed E-state index contributed by atoms with van der Waals surface area (Å²) in [6.07, 6.45) is 0.564. The van der Waals surface area contributed by atoms with E-state index < -0.39 is 4.92 Å². The Morgan fingerprint density at radius 3 is 2.67 bits per heavy atom. The fourth-order valence-electron chi connectivity index (χ4n) is 1.31. The Bertz CT molecular complexity index is 457. The van der Waals surface area contributed by atoms with E-state index in [9.17, 15) is 14.9 Å². The monoisotopic (exact) mass is 252 g/mol. The van der Waals surface area contributed by atoms with Crippen molar-refractivity contribution in [2.75, 3.05) is 18.5 Å². The van der Waals surface area contributed by atoms with Gasteiger partial charge in [0.25, 0.3) is 5.69 Å². The highest BCUT2D eigenvalue weighted by Gasteiger charge is 2.19. The first kappa shape index (κ1) is 14.1. The van der Waals surface area contributed by atoms with Crippen molar-refractivity contribution in [3.8, 4) is 0 Å². The average Bonchev–Trinajstić information content (AvgIpc) is 2.36. The van der Waals surface area contributed by atoms with Crippen LogP contribution in [0.2, 0.25) is 0 Å². The summed E-state index contributed by atoms with van der Waals surface area (Å²) >= 11 is 0. The molecule has 2 N–H and O–H groups in total. The summed E-state index contributed by atoms with van der Waals surface area (Å²) < 4.78 is 0. The van der Waals surface area contributed by atoms with Crippen molar-refractivity contribution in [3.63, 3.8) is 0 Å². The number of benzene rings is 1. The van der Waals surface area contributed by atoms with Gasteiger partial charge in [-0.25, -0.2) is 0 Å². The van der Waals surface area contributed by atoms with E-state index in [0.29, 0.717) is 18.5 Å². The number of carbonyl (C=O) groups is 1. The molecule has 0 heterocycles. The number of nitro benzene ring substituents is 1. The molecule has 1 aromatic carbocycles. The van der Waals surface area contributed by atoms with Crippen LogP contribution in [0.25, 0.3) is 0 Å². The maximum Gasteiger partial charge on any atom is 0.293 e. The molecular formula is C12H16N2O4. The standard InChI is InChI=1S/C12H16N2O4/c1-12(2,8-16)7-13-10-4-3-9(6-15)5-11(10)14(17)18/h3-6,13,16H,7-8H2,1-2H3. The lowest BCUT2D eigenvalue weighted by atomic mass is 9.95. The first-order chi connectivity index (χ1) is 8.39. The van der Waals surface area contributed by atoms with Gasteiger partial charge in [-0.1, -0.05) is 13.8 Å². The van der Waals surface area contributed by atoms with Gasteiger partial charge in [-0.3, -0.25) is 14.9 Å². The second kappa shape index (κ2) is 5.59. The third kappa shape index (κ3) is 3.53. The minimum Gasteiger partial charge on any atom is -0.396 e. The number of nitrogens with one attached hydrogen (secondary N) is 1. The molecule has 0 aliphatic rings. The Morgan fingerprint density at radius 1 is 1.50 bits per heavy atom. The molecule has 0 spiro atoms. The molecule has 6 nitrogen and oxygen atoms in total. The Kier molecular flexibility index (Phi) is 4.38. The molecule has 0 radical (unpaired) electrons. The summed E-state index contributed by atoms with van der Waals surface area (Å²) in [5.74, 6) is 0. The van der Waals surface area contributed by atoms with Crippen molar-refractivity contribution in [2.45, 2.75) is 13.8 Å². The largest absolute Gasteiger partial charge is 0.396 e. The number of hydrogen-bond donors (Lipinski definition) is 2. The van der Waals surface area contributed by atoms with Crippen LogP contribution in [0.15, 0.2) is 18.2 Å². The molecule has 0 saturated heterocycles. The topological polar surface area (TPSA) is 92.5 Å². The lowest BCUT2D eigenvalue weighted by molar-refractivity contribution is -0.384. The first-order valence-electron chi connectivity index (χ1n) is 5.48. The van der Waals surface area contributed by atoms with Gasteiger partial charge in [0.2, 0.25) is 0 Å². The highest BCUT2D eigenvalue weighted by molar-refractivity contribution is 5.79. The van der Waals surface area contributed by atoms with Crippen molar-refractivity contribution in [2.24, 2.45) is 5.41 Å². The molecule has 0 aliphatic heterocycles. The summed E-state index contributed by atoms with van der Waals surface area (Å²) in [6, 6.07) is 4.23. The highest BCUT2D eigenvalue weighted by Crippen LogP contribution is 2.26. The molecule has 6 heteroatoms. The first-order valence-corrected chi connectivity index (χ1v) is 5.48. The van der Waals surface area contributed by atoms with Gasteiger partial charge in [0, 0.05) is 30.2 Å². The van der Waals surface area contributed by atoms with Gasteiger partial charge in [-0.2, -0.15) is 0 Å². The number of rotatable bonds is 6. The number of nitrogens with zero attached hydrogens (tertiary/aromatic N) is 1. The summed E-state index contributed by atoms with van der Waals surface area (Å²) in [7, 11) is 0. The van der Waals surface area contributed by atoms with E-state index in [1.54, 1.807) is 0 Å². The quantitative estimate of drug-likeness (QED) is 0.458. The van der Waals surface area contributed by atoms with E-state index in [-0.39, 0.29) is 23.3 Å². The molecule has 18 heavy (non-hydrogen) atoms. The van der Waals surface area contributed by atoms with Crippen molar-refractivity contribution in [1.29, 1.82) is 0 Å². The predicted molar refractivity (Wildman–Crippen MR) is 67.8 cm³/mol. The number of aliphatic hydroxyl groups is 1. The number of anilines is 1. The average molecular weight is 252 g/mol. The van der Waals surface area contributed by atoms with Crippen LogP contribution in [0.3, 0.4) is 0 Å². The molecule has 0 atom stereocenters. The second-order valence-corrected chi connectivity index (χ2v) is 4.83. The van der Waals surface area contributed by atoms with Gasteiger partial charge in [-0.05, 0) is 12.1 Å². The molecule has 0 fully saturated rings. The van der Waals surface area contributed by atoms with Crippen LogP contribution in [-0.4, -0.2) is 29.5 Å². The molecule has 0 aromatic heterocycles. The van der Waals surface area contributed by atoms with Crippen LogP contribution in [0.1, 0.15) is 24.2 Å². The van der Waals surface area contributed by atoms with Gasteiger partial charge in [0.05, 0.1) is 4.92 Å². The Hall–Kier alpha value is -1.95. The number of carbonyl (C=O) groups excluding carboxylic acids is 1. The zero-order valence-corrected chi connectivity index (χ0v) is 10.3. The normalized spacial score (nSPS) is 11.1. The number of aliphatic hydroxyl groups excluding tert-OH is 1. The maximum atomic E-state index is 10.9. The van der Waals surface area contributed by atoms with Crippen LogP contribution < -0.4 is 5.32 Å². The predicted octanol–water partition coefficient (Wildman–Crippen LogP) is 1.84. The smallest absolute Gasteiger partial charge is 0.293 e. The molecule has 0 unspecified atom stereocenters. The Balaban J connectivity index is 2.95. The van der Waals surface area contributed by atoms with Crippen LogP contribution in [0.4, 0.5) is 11.4 Å². The molecular weight excluding hydrogens is 236 g/mol. The maximum absolute atomic E-state index is 10.9. The Morgan fingerprint density at radius 2 is 2.17 bits per heavy atom. The summed E-state index contributed by atoms with van der Waals surface area (Å²) in [4.78, 5) is 20.9. The van der Waals surface area contributed by atoms with E-state index in [4.69, 9.17) is 5.11 Å². The lowest BCUT2D eigenvalue weighted by Gasteiger charge is -2.22. The van der Waals surface area contributed by atoms with E-state index in [0.717, 1.165) is 0 Å². The SMILES string of the molecule is CC(C)(CO)CNc1ccc(C=O)cc1[N+](=O)[O-]. The number of nitro groups is 1. The molecule has 0 bridgehead atoms. The number of hydrogen-bond acceptors (Lipinski definition) is 5. The van der Waals surface area contributed by atoms with Crippen molar-refractivity contribution in [1.82, 2.24) is 0 Å². The summed E-state index contributed by atoms with van der Waals surface area (Å²) in [6.45, 7) is 4.04. The molecule has 0 amide bonds. The van der Waals surface area contributed by atoms with E-state index >= 15 is 0 Å². The third-order valence-corrected chi connectivity index (χ3v) is 2.54. The van der Waals surface area contributed by atoms with Crippen LogP contribution in [0, 0.1) is 15.5 Å². The van der Waals surface area contributed by atoms with Crippen molar-refractivity contribution < 1.29 is 14.8 Å². The fraction of sp³-hybridized carbons (Fsp3) is 0.417. The van der Waals surface area contributed by atoms with Crippen LogP contribution >= 0.6 is 0 Å². The molecule has 0 saturated carbocycles. The zero-order chi connectivity index (χ0) is 13.8. The Labute approximate surface area is 105 Å². The third-order valence-electron chi connectivity index (χ3n) is 2.54. The van der Waals surface area contributed by atoms with Crippen LogP contribution in [-0.2, 0) is 0 Å². The minimum absolute atomic E-state index is 0.0276. The van der Waals surface area contributed by atoms with E-state index in [1.807, 2.05) is 13.8 Å². The van der Waals surface area contributed by atoms with Gasteiger partial charge in [0.15, 0.2) is 0 Å². The molecule has 0 aliphatic carbocycles. The minimum atomic E-state index is -0.540. The van der Waals surface area contributed by atoms with Gasteiger partial charge < -0.3 is 10.4 Å². The van der Waals surface area contributed by atoms with Crippen LogP contribution in [0.5, 0.6) is 0 Å². The van der Waals surface area contributed by atoms with Gasteiger partial charge >= 0.3 is 0 Å². The number of aldehydes is 1. The second-order valence-electron chi connectivity index (χ2n) is 4.83. The van der Waals surface area contributed by atoms with Crippen molar-refractivity contribution in [3.05, 3.63) is 33.9 Å². The van der Waals surface area contributed by atoms with Gasteiger partial charge in [-0.15, -0.1) is 0 Å². The van der Waals surface area contributed by atoms with Crippen molar-refractivity contribution >= 4 is 17.7 Å². The van der Waals surface area contributed by atoms with E-state index in [1.165, 1.54) is 18.2 Å². The van der Waals surface area contributed by atoms with E-state index in [2.05, 4.69) is 5.32 Å². The highest BCUT2D eigenvalue weighted by atomic mass is 16.6. The van der Waals surface area contributed by atoms with Gasteiger partial charge in [0.1, 0.15) is 12.0 Å².